The van der Waals surface area contributed by atoms with Gasteiger partial charge in [0.2, 0.25) is 0 Å². The summed E-state index contributed by atoms with van der Waals surface area (Å²) in [4.78, 5) is 0. The van der Waals surface area contributed by atoms with Crippen molar-refractivity contribution in [1.29, 1.82) is 0 Å². The lowest BCUT2D eigenvalue weighted by molar-refractivity contribution is 0.460. The van der Waals surface area contributed by atoms with E-state index in [0.717, 1.165) is 0 Å². The van der Waals surface area contributed by atoms with Gasteiger partial charge in [-0.15, -0.1) is 0 Å². The van der Waals surface area contributed by atoms with Crippen LogP contribution in [0.2, 0.25) is 0 Å². The summed E-state index contributed by atoms with van der Waals surface area (Å²) in [5, 5.41) is 17.3. The van der Waals surface area contributed by atoms with Gasteiger partial charge in [-0.25, -0.2) is 0 Å². The van der Waals surface area contributed by atoms with Crippen LogP contribution in [-0.2, 0) is 0 Å². The van der Waals surface area contributed by atoms with Gasteiger partial charge in [-0.05, 0) is 24.3 Å². The molecule has 2 heteroatoms. The molecule has 1 aromatic rings. The molecule has 1 fully saturated rings. The summed E-state index contributed by atoms with van der Waals surface area (Å²) in [7, 11) is 0. The van der Waals surface area contributed by atoms with Gasteiger partial charge >= 0.3 is 0 Å². The standard InChI is InChI=1S/C6H6O2.C6H12/c7-5-1-2-6(8)4-3-5;1-2-4-6-5-3-1/h1-4,7-8H;1-6H2. The van der Waals surface area contributed by atoms with Crippen molar-refractivity contribution in [3.8, 4) is 11.5 Å². The van der Waals surface area contributed by atoms with Gasteiger partial charge in [-0.3, -0.25) is 0 Å². The van der Waals surface area contributed by atoms with Gasteiger partial charge in [0.25, 0.3) is 0 Å². The van der Waals surface area contributed by atoms with Crippen molar-refractivity contribution < 1.29 is 10.2 Å². The molecule has 0 spiro atoms. The Morgan fingerprint density at radius 1 is 0.571 bits per heavy atom. The van der Waals surface area contributed by atoms with E-state index in [4.69, 9.17) is 10.2 Å². The van der Waals surface area contributed by atoms with Crippen molar-refractivity contribution in [1.82, 2.24) is 0 Å². The highest BCUT2D eigenvalue weighted by Gasteiger charge is 1.95. The van der Waals surface area contributed by atoms with Crippen molar-refractivity contribution in [2.75, 3.05) is 0 Å². The molecular formula is C12H18O2. The highest BCUT2D eigenvalue weighted by atomic mass is 16.3. The minimum Gasteiger partial charge on any atom is -0.508 e. The third kappa shape index (κ3) is 4.75. The van der Waals surface area contributed by atoms with E-state index in [1.165, 1.54) is 62.8 Å². The Morgan fingerprint density at radius 3 is 1.00 bits per heavy atom. The van der Waals surface area contributed by atoms with Crippen molar-refractivity contribution in [2.24, 2.45) is 0 Å². The van der Waals surface area contributed by atoms with E-state index in [9.17, 15) is 0 Å². The monoisotopic (exact) mass is 194 g/mol. The first-order chi connectivity index (χ1) is 6.79. The van der Waals surface area contributed by atoms with Crippen LogP contribution >= 0.6 is 0 Å². The van der Waals surface area contributed by atoms with Gasteiger partial charge in [0.15, 0.2) is 0 Å². The first-order valence-electron chi connectivity index (χ1n) is 5.27. The predicted molar refractivity (Wildman–Crippen MR) is 57.5 cm³/mol. The largest absolute Gasteiger partial charge is 0.508 e. The molecule has 0 unspecified atom stereocenters. The van der Waals surface area contributed by atoms with Crippen LogP contribution in [0.5, 0.6) is 11.5 Å². The second-order valence-electron chi connectivity index (χ2n) is 3.64. The normalized spacial score (nSPS) is 15.4. The lowest BCUT2D eigenvalue weighted by atomic mass is 10.0. The first-order valence-corrected chi connectivity index (χ1v) is 5.27. The Kier molecular flexibility index (Phi) is 4.90. The van der Waals surface area contributed by atoms with Crippen LogP contribution in [-0.4, -0.2) is 10.2 Å². The highest BCUT2D eigenvalue weighted by molar-refractivity contribution is 5.28. The molecule has 2 rings (SSSR count). The van der Waals surface area contributed by atoms with Crippen LogP contribution in [0.1, 0.15) is 38.5 Å². The van der Waals surface area contributed by atoms with E-state index in [1.807, 2.05) is 0 Å². The average Bonchev–Trinajstić information content (AvgIpc) is 2.26. The second kappa shape index (κ2) is 6.30. The zero-order valence-electron chi connectivity index (χ0n) is 8.45. The van der Waals surface area contributed by atoms with E-state index in [1.54, 1.807) is 0 Å². The predicted octanol–water partition coefficient (Wildman–Crippen LogP) is 3.44. The van der Waals surface area contributed by atoms with E-state index in [2.05, 4.69) is 0 Å². The fourth-order valence-corrected chi connectivity index (χ4v) is 1.51. The minimum absolute atomic E-state index is 0.169. The molecule has 2 nitrogen and oxygen atoms in total. The van der Waals surface area contributed by atoms with Crippen LogP contribution in [0.4, 0.5) is 0 Å². The van der Waals surface area contributed by atoms with Gasteiger partial charge in [-0.1, -0.05) is 38.5 Å². The van der Waals surface area contributed by atoms with Crippen LogP contribution in [0.25, 0.3) is 0 Å². The Bertz CT molecular complexity index is 204. The molecule has 0 aromatic heterocycles. The van der Waals surface area contributed by atoms with Crippen molar-refractivity contribution in [3.63, 3.8) is 0 Å². The maximum atomic E-state index is 8.65. The first kappa shape index (κ1) is 10.9. The SMILES string of the molecule is C1CCCCC1.Oc1ccc(O)cc1. The number of phenolic OH excluding ortho intramolecular Hbond substituents is 2. The molecule has 0 heterocycles. The summed E-state index contributed by atoms with van der Waals surface area (Å²) in [6, 6.07) is 5.70. The van der Waals surface area contributed by atoms with Crippen LogP contribution < -0.4 is 0 Å². The molecule has 0 radical (unpaired) electrons. The number of hydrogen-bond acceptors (Lipinski definition) is 2. The number of aromatic hydroxyl groups is 2. The lowest BCUT2D eigenvalue weighted by Crippen LogP contribution is -1.85. The van der Waals surface area contributed by atoms with Gasteiger partial charge in [-0.2, -0.15) is 0 Å². The van der Waals surface area contributed by atoms with E-state index in [-0.39, 0.29) is 11.5 Å². The molecule has 0 amide bonds. The van der Waals surface area contributed by atoms with Gasteiger partial charge in [0, 0.05) is 0 Å². The van der Waals surface area contributed by atoms with Crippen molar-refractivity contribution in [2.45, 2.75) is 38.5 Å². The van der Waals surface area contributed by atoms with Crippen molar-refractivity contribution in [3.05, 3.63) is 24.3 Å². The summed E-state index contributed by atoms with van der Waals surface area (Å²) < 4.78 is 0. The zero-order chi connectivity index (χ0) is 10.2. The summed E-state index contributed by atoms with van der Waals surface area (Å²) in [5.41, 5.74) is 0. The third-order valence-electron chi connectivity index (χ3n) is 2.35. The zero-order valence-corrected chi connectivity index (χ0v) is 8.45. The van der Waals surface area contributed by atoms with E-state index in [0.29, 0.717) is 0 Å². The van der Waals surface area contributed by atoms with E-state index < -0.39 is 0 Å². The maximum Gasteiger partial charge on any atom is 0.115 e. The van der Waals surface area contributed by atoms with E-state index >= 15 is 0 Å². The quantitative estimate of drug-likeness (QED) is 0.621. The maximum absolute atomic E-state index is 8.65. The molecule has 0 bridgehead atoms. The fraction of sp³-hybridized carbons (Fsp3) is 0.500. The number of hydrogen-bond donors (Lipinski definition) is 2. The Hall–Kier alpha value is -1.18. The summed E-state index contributed by atoms with van der Waals surface area (Å²) >= 11 is 0. The second-order valence-corrected chi connectivity index (χ2v) is 3.64. The van der Waals surface area contributed by atoms with Crippen LogP contribution in [0.15, 0.2) is 24.3 Å². The molecule has 0 aliphatic heterocycles. The summed E-state index contributed by atoms with van der Waals surface area (Å²) in [6.45, 7) is 0. The Labute approximate surface area is 85.2 Å². The third-order valence-corrected chi connectivity index (χ3v) is 2.35. The number of benzene rings is 1. The minimum atomic E-state index is 0.169. The molecule has 14 heavy (non-hydrogen) atoms. The molecule has 0 atom stereocenters. The molecule has 1 aliphatic carbocycles. The van der Waals surface area contributed by atoms with Gasteiger partial charge in [0.05, 0.1) is 0 Å². The van der Waals surface area contributed by atoms with Gasteiger partial charge in [0.1, 0.15) is 11.5 Å². The van der Waals surface area contributed by atoms with Crippen molar-refractivity contribution >= 4 is 0 Å². The molecular weight excluding hydrogens is 176 g/mol. The lowest BCUT2D eigenvalue weighted by Gasteiger charge is -2.05. The Morgan fingerprint density at radius 2 is 0.786 bits per heavy atom. The molecule has 2 N–H and O–H groups in total. The number of rotatable bonds is 0. The smallest absolute Gasteiger partial charge is 0.115 e. The molecule has 1 aliphatic rings. The fourth-order valence-electron chi connectivity index (χ4n) is 1.51. The topological polar surface area (TPSA) is 40.5 Å². The summed E-state index contributed by atoms with van der Waals surface area (Å²) in [6.07, 6.45) is 9.00. The van der Waals surface area contributed by atoms with Crippen LogP contribution in [0, 0.1) is 0 Å². The van der Waals surface area contributed by atoms with Gasteiger partial charge < -0.3 is 10.2 Å². The number of phenols is 2. The Balaban J connectivity index is 0.000000146. The molecule has 1 saturated carbocycles. The molecule has 0 saturated heterocycles. The van der Waals surface area contributed by atoms with Crippen LogP contribution in [0.3, 0.4) is 0 Å². The average molecular weight is 194 g/mol. The highest BCUT2D eigenvalue weighted by Crippen LogP contribution is 2.15. The molecule has 1 aromatic carbocycles. The molecule has 78 valence electrons. The summed E-state index contributed by atoms with van der Waals surface area (Å²) in [5.74, 6) is 0.339.